The molecular weight excluding hydrogens is 416 g/mol. The van der Waals surface area contributed by atoms with Gasteiger partial charge in [-0.15, -0.1) is 0 Å². The SMILES string of the molecule is O=C(COc1ccc2ccc(=O)oc2c1)NCC(c1ccccc1)c1c[nH]c2ccccc12. The van der Waals surface area contributed by atoms with Gasteiger partial charge in [-0.05, 0) is 35.4 Å². The number of hydrogen-bond acceptors (Lipinski definition) is 4. The van der Waals surface area contributed by atoms with Gasteiger partial charge in [0, 0.05) is 47.1 Å². The molecule has 2 heterocycles. The van der Waals surface area contributed by atoms with E-state index in [1.807, 2.05) is 42.6 Å². The Morgan fingerprint density at radius 3 is 2.64 bits per heavy atom. The number of H-pyrrole nitrogens is 1. The van der Waals surface area contributed by atoms with Crippen molar-refractivity contribution in [2.75, 3.05) is 13.2 Å². The van der Waals surface area contributed by atoms with E-state index in [4.69, 9.17) is 9.15 Å². The molecule has 0 aliphatic heterocycles. The van der Waals surface area contributed by atoms with Crippen LogP contribution in [0.25, 0.3) is 21.9 Å². The number of rotatable bonds is 7. The minimum atomic E-state index is -0.429. The molecule has 33 heavy (non-hydrogen) atoms. The van der Waals surface area contributed by atoms with E-state index in [2.05, 4.69) is 28.5 Å². The molecular formula is C27H22N2O4. The summed E-state index contributed by atoms with van der Waals surface area (Å²) in [5.74, 6) is 0.217. The van der Waals surface area contributed by atoms with Crippen LogP contribution in [0.15, 0.2) is 100 Å². The number of carbonyl (C=O) groups is 1. The van der Waals surface area contributed by atoms with Crippen LogP contribution in [-0.2, 0) is 4.79 Å². The quantitative estimate of drug-likeness (QED) is 0.364. The number of fused-ring (bicyclic) bond motifs is 2. The molecule has 0 spiro atoms. The average molecular weight is 438 g/mol. The molecule has 1 atom stereocenters. The van der Waals surface area contributed by atoms with Crippen molar-refractivity contribution in [3.8, 4) is 5.75 Å². The van der Waals surface area contributed by atoms with Gasteiger partial charge in [-0.2, -0.15) is 0 Å². The molecule has 3 aromatic carbocycles. The highest BCUT2D eigenvalue weighted by Gasteiger charge is 2.19. The van der Waals surface area contributed by atoms with E-state index in [1.54, 1.807) is 24.3 Å². The number of benzene rings is 3. The topological polar surface area (TPSA) is 84.3 Å². The normalized spacial score (nSPS) is 12.0. The van der Waals surface area contributed by atoms with Crippen molar-refractivity contribution >= 4 is 27.8 Å². The number of nitrogens with one attached hydrogen (secondary N) is 2. The minimum Gasteiger partial charge on any atom is -0.484 e. The van der Waals surface area contributed by atoms with Gasteiger partial charge in [0.15, 0.2) is 6.61 Å². The lowest BCUT2D eigenvalue weighted by molar-refractivity contribution is -0.123. The molecule has 6 heteroatoms. The fourth-order valence-corrected chi connectivity index (χ4v) is 4.02. The van der Waals surface area contributed by atoms with E-state index < -0.39 is 5.63 Å². The summed E-state index contributed by atoms with van der Waals surface area (Å²) in [4.78, 5) is 27.3. The molecule has 5 aromatic rings. The molecule has 0 radical (unpaired) electrons. The molecule has 2 aromatic heterocycles. The van der Waals surface area contributed by atoms with Crippen LogP contribution >= 0.6 is 0 Å². The highest BCUT2D eigenvalue weighted by atomic mass is 16.5. The number of carbonyl (C=O) groups excluding carboxylic acids is 1. The molecule has 0 saturated carbocycles. The number of aromatic nitrogens is 1. The molecule has 1 unspecified atom stereocenters. The van der Waals surface area contributed by atoms with Gasteiger partial charge in [0.05, 0.1) is 0 Å². The number of amides is 1. The molecule has 164 valence electrons. The van der Waals surface area contributed by atoms with Gasteiger partial charge >= 0.3 is 5.63 Å². The van der Waals surface area contributed by atoms with Crippen LogP contribution in [0.2, 0.25) is 0 Å². The van der Waals surface area contributed by atoms with E-state index in [1.165, 1.54) is 6.07 Å². The first kappa shape index (κ1) is 20.6. The van der Waals surface area contributed by atoms with E-state index in [0.717, 1.165) is 27.4 Å². The van der Waals surface area contributed by atoms with Crippen LogP contribution in [0.1, 0.15) is 17.0 Å². The fourth-order valence-electron chi connectivity index (χ4n) is 4.02. The fraction of sp³-hybridized carbons (Fsp3) is 0.111. The third-order valence-corrected chi connectivity index (χ3v) is 5.67. The Morgan fingerprint density at radius 1 is 0.970 bits per heavy atom. The monoisotopic (exact) mass is 438 g/mol. The second kappa shape index (κ2) is 9.04. The summed E-state index contributed by atoms with van der Waals surface area (Å²) in [6.45, 7) is 0.290. The Bertz CT molecular complexity index is 1470. The lowest BCUT2D eigenvalue weighted by Gasteiger charge is -2.18. The van der Waals surface area contributed by atoms with E-state index in [0.29, 0.717) is 17.9 Å². The molecule has 1 amide bonds. The lowest BCUT2D eigenvalue weighted by atomic mass is 9.91. The third kappa shape index (κ3) is 4.50. The summed E-state index contributed by atoms with van der Waals surface area (Å²) in [5, 5.41) is 4.92. The molecule has 0 bridgehead atoms. The van der Waals surface area contributed by atoms with Crippen molar-refractivity contribution in [1.82, 2.24) is 10.3 Å². The Kier molecular flexibility index (Phi) is 5.64. The Labute approximate surface area is 189 Å². The average Bonchev–Trinajstić information content (AvgIpc) is 3.27. The highest BCUT2D eigenvalue weighted by Crippen LogP contribution is 2.30. The number of aromatic amines is 1. The van der Waals surface area contributed by atoms with E-state index in [9.17, 15) is 9.59 Å². The Hall–Kier alpha value is -4.32. The van der Waals surface area contributed by atoms with Crippen LogP contribution in [0, 0.1) is 0 Å². The molecule has 0 fully saturated rings. The third-order valence-electron chi connectivity index (χ3n) is 5.67. The van der Waals surface area contributed by atoms with Crippen molar-refractivity contribution in [2.45, 2.75) is 5.92 Å². The second-order valence-electron chi connectivity index (χ2n) is 7.80. The van der Waals surface area contributed by atoms with Crippen LogP contribution in [0.4, 0.5) is 0 Å². The van der Waals surface area contributed by atoms with Crippen LogP contribution in [0.5, 0.6) is 5.75 Å². The second-order valence-corrected chi connectivity index (χ2v) is 7.80. The predicted octanol–water partition coefficient (Wildman–Crippen LogP) is 4.60. The molecule has 5 rings (SSSR count). The summed E-state index contributed by atoms with van der Waals surface area (Å²) >= 11 is 0. The smallest absolute Gasteiger partial charge is 0.336 e. The zero-order chi connectivity index (χ0) is 22.6. The molecule has 0 aliphatic carbocycles. The van der Waals surface area contributed by atoms with Crippen molar-refractivity contribution in [3.05, 3.63) is 113 Å². The van der Waals surface area contributed by atoms with Crippen molar-refractivity contribution in [2.24, 2.45) is 0 Å². The molecule has 2 N–H and O–H groups in total. The van der Waals surface area contributed by atoms with Crippen LogP contribution < -0.4 is 15.7 Å². The Balaban J connectivity index is 1.29. The van der Waals surface area contributed by atoms with Crippen LogP contribution in [0.3, 0.4) is 0 Å². The largest absolute Gasteiger partial charge is 0.484 e. The van der Waals surface area contributed by atoms with Crippen LogP contribution in [-0.4, -0.2) is 24.0 Å². The van der Waals surface area contributed by atoms with Gasteiger partial charge in [0.25, 0.3) is 5.91 Å². The molecule has 0 aliphatic rings. The first-order valence-corrected chi connectivity index (χ1v) is 10.7. The maximum absolute atomic E-state index is 12.6. The summed E-state index contributed by atoms with van der Waals surface area (Å²) in [6, 6.07) is 26.4. The predicted molar refractivity (Wildman–Crippen MR) is 128 cm³/mol. The van der Waals surface area contributed by atoms with Gasteiger partial charge in [-0.1, -0.05) is 48.5 Å². The highest BCUT2D eigenvalue weighted by molar-refractivity contribution is 5.84. The maximum Gasteiger partial charge on any atom is 0.336 e. The Morgan fingerprint density at radius 2 is 1.76 bits per heavy atom. The maximum atomic E-state index is 12.6. The molecule has 6 nitrogen and oxygen atoms in total. The van der Waals surface area contributed by atoms with Crippen molar-refractivity contribution < 1.29 is 13.9 Å². The summed E-state index contributed by atoms with van der Waals surface area (Å²) in [7, 11) is 0. The van der Waals surface area contributed by atoms with Gasteiger partial charge in [0.1, 0.15) is 11.3 Å². The zero-order valence-electron chi connectivity index (χ0n) is 17.8. The zero-order valence-corrected chi connectivity index (χ0v) is 17.8. The van der Waals surface area contributed by atoms with Gasteiger partial charge in [0.2, 0.25) is 0 Å². The van der Waals surface area contributed by atoms with E-state index >= 15 is 0 Å². The minimum absolute atomic E-state index is 0.0127. The lowest BCUT2D eigenvalue weighted by Crippen LogP contribution is -2.32. The number of hydrogen-bond donors (Lipinski definition) is 2. The summed E-state index contributed by atoms with van der Waals surface area (Å²) in [6.07, 6.45) is 2.01. The standard InChI is InChI=1S/C27H22N2O4/c30-26(17-32-20-12-10-19-11-13-27(31)33-25(19)14-20)29-15-22(18-6-2-1-3-7-18)23-16-28-24-9-5-4-8-21(23)24/h1-14,16,22,28H,15,17H2,(H,29,30). The van der Waals surface area contributed by atoms with Gasteiger partial charge in [-0.3, -0.25) is 4.79 Å². The number of ether oxygens (including phenoxy) is 1. The summed E-state index contributed by atoms with van der Waals surface area (Å²) in [5.41, 5.74) is 3.30. The number of para-hydroxylation sites is 1. The van der Waals surface area contributed by atoms with Gasteiger partial charge < -0.3 is 19.5 Å². The molecule has 0 saturated heterocycles. The van der Waals surface area contributed by atoms with Crippen molar-refractivity contribution in [3.63, 3.8) is 0 Å². The van der Waals surface area contributed by atoms with Crippen molar-refractivity contribution in [1.29, 1.82) is 0 Å². The van der Waals surface area contributed by atoms with E-state index in [-0.39, 0.29) is 18.4 Å². The summed E-state index contributed by atoms with van der Waals surface area (Å²) < 4.78 is 10.8. The first-order chi connectivity index (χ1) is 16.2. The van der Waals surface area contributed by atoms with Gasteiger partial charge in [-0.25, -0.2) is 4.79 Å². The first-order valence-electron chi connectivity index (χ1n) is 10.7.